The van der Waals surface area contributed by atoms with Crippen LogP contribution in [0.2, 0.25) is 0 Å². The van der Waals surface area contributed by atoms with Gasteiger partial charge in [-0.15, -0.1) is 0 Å². The van der Waals surface area contributed by atoms with Crippen LogP contribution in [0.3, 0.4) is 0 Å². The third-order valence-corrected chi connectivity index (χ3v) is 2.66. The predicted octanol–water partition coefficient (Wildman–Crippen LogP) is 0.0862. The molecular formula is C9H14O4. The number of carbonyl (C=O) groups is 1. The SMILES string of the molecule is CC(C)[C@@H]1OC2CC(=O)OC2C1O. The number of hydrogen-bond acceptors (Lipinski definition) is 4. The van der Waals surface area contributed by atoms with Gasteiger partial charge in [-0.1, -0.05) is 13.8 Å². The van der Waals surface area contributed by atoms with E-state index in [0.29, 0.717) is 0 Å². The first kappa shape index (κ1) is 8.97. The fraction of sp³-hybridized carbons (Fsp3) is 0.889. The first-order valence-corrected chi connectivity index (χ1v) is 4.62. The molecule has 0 aliphatic carbocycles. The summed E-state index contributed by atoms with van der Waals surface area (Å²) in [5, 5.41) is 9.75. The quantitative estimate of drug-likeness (QED) is 0.589. The Morgan fingerprint density at radius 1 is 1.54 bits per heavy atom. The van der Waals surface area contributed by atoms with Crippen LogP contribution in [-0.4, -0.2) is 35.5 Å². The summed E-state index contributed by atoms with van der Waals surface area (Å²) >= 11 is 0. The molecule has 0 aromatic rings. The van der Waals surface area contributed by atoms with E-state index in [1.54, 1.807) is 0 Å². The Kier molecular flexibility index (Phi) is 2.04. The highest BCUT2D eigenvalue weighted by atomic mass is 16.6. The van der Waals surface area contributed by atoms with Gasteiger partial charge in [-0.3, -0.25) is 4.79 Å². The molecule has 13 heavy (non-hydrogen) atoms. The first-order chi connectivity index (χ1) is 6.09. The van der Waals surface area contributed by atoms with Crippen molar-refractivity contribution in [1.29, 1.82) is 0 Å². The number of aliphatic hydroxyl groups excluding tert-OH is 1. The standard InChI is InChI=1S/C9H14O4/c1-4(2)8-7(11)9-5(12-8)3-6(10)13-9/h4-5,7-9,11H,3H2,1-2H3/t5?,7?,8-,9?/m0/s1. The zero-order valence-corrected chi connectivity index (χ0v) is 7.77. The number of ether oxygens (including phenoxy) is 2. The van der Waals surface area contributed by atoms with Crippen molar-refractivity contribution in [2.75, 3.05) is 0 Å². The lowest BCUT2D eigenvalue weighted by Crippen LogP contribution is -2.34. The normalized spacial score (nSPS) is 43.8. The Balaban J connectivity index is 2.08. The number of aliphatic hydroxyl groups is 1. The monoisotopic (exact) mass is 186 g/mol. The van der Waals surface area contributed by atoms with Gasteiger partial charge in [0.25, 0.3) is 0 Å². The first-order valence-electron chi connectivity index (χ1n) is 4.62. The van der Waals surface area contributed by atoms with Crippen LogP contribution in [0.4, 0.5) is 0 Å². The van der Waals surface area contributed by atoms with E-state index in [2.05, 4.69) is 0 Å². The van der Waals surface area contributed by atoms with Gasteiger partial charge in [-0.05, 0) is 5.92 Å². The molecule has 4 atom stereocenters. The summed E-state index contributed by atoms with van der Waals surface area (Å²) in [7, 11) is 0. The topological polar surface area (TPSA) is 55.8 Å². The van der Waals surface area contributed by atoms with Gasteiger partial charge in [-0.2, -0.15) is 0 Å². The van der Waals surface area contributed by atoms with Crippen LogP contribution in [0, 0.1) is 5.92 Å². The van der Waals surface area contributed by atoms with E-state index in [0.717, 1.165) is 0 Å². The van der Waals surface area contributed by atoms with E-state index in [1.165, 1.54) is 0 Å². The molecule has 2 aliphatic rings. The molecule has 2 saturated heterocycles. The Hall–Kier alpha value is -0.610. The van der Waals surface area contributed by atoms with Gasteiger partial charge >= 0.3 is 5.97 Å². The molecule has 1 N–H and O–H groups in total. The summed E-state index contributed by atoms with van der Waals surface area (Å²) < 4.78 is 10.5. The van der Waals surface area contributed by atoms with Gasteiger partial charge in [0.15, 0.2) is 6.10 Å². The number of fused-ring (bicyclic) bond motifs is 1. The molecule has 0 radical (unpaired) electrons. The highest BCUT2D eigenvalue weighted by Gasteiger charge is 2.51. The minimum absolute atomic E-state index is 0.192. The van der Waals surface area contributed by atoms with Crippen molar-refractivity contribution >= 4 is 5.97 Å². The summed E-state index contributed by atoms with van der Waals surface area (Å²) in [6.07, 6.45) is -1.22. The lowest BCUT2D eigenvalue weighted by Gasteiger charge is -2.19. The van der Waals surface area contributed by atoms with E-state index in [9.17, 15) is 9.90 Å². The Morgan fingerprint density at radius 2 is 2.23 bits per heavy atom. The van der Waals surface area contributed by atoms with Crippen LogP contribution in [-0.2, 0) is 14.3 Å². The second-order valence-corrected chi connectivity index (χ2v) is 4.03. The molecule has 0 spiro atoms. The molecule has 74 valence electrons. The highest BCUT2D eigenvalue weighted by molar-refractivity contribution is 5.73. The summed E-state index contributed by atoms with van der Waals surface area (Å²) in [5.74, 6) is -0.0180. The van der Waals surface area contributed by atoms with E-state index >= 15 is 0 Å². The van der Waals surface area contributed by atoms with Gasteiger partial charge in [0.1, 0.15) is 12.2 Å². The zero-order valence-electron chi connectivity index (χ0n) is 7.77. The summed E-state index contributed by atoms with van der Waals surface area (Å²) in [4.78, 5) is 10.9. The maximum atomic E-state index is 10.9. The smallest absolute Gasteiger partial charge is 0.309 e. The maximum Gasteiger partial charge on any atom is 0.309 e. The minimum atomic E-state index is -0.656. The minimum Gasteiger partial charge on any atom is -0.457 e. The largest absolute Gasteiger partial charge is 0.457 e. The summed E-state index contributed by atoms with van der Waals surface area (Å²) in [6.45, 7) is 3.97. The molecule has 2 rings (SSSR count). The van der Waals surface area contributed by atoms with Gasteiger partial charge in [0.2, 0.25) is 0 Å². The van der Waals surface area contributed by atoms with Crippen LogP contribution in [0.25, 0.3) is 0 Å². The molecule has 2 heterocycles. The second kappa shape index (κ2) is 2.96. The average molecular weight is 186 g/mol. The van der Waals surface area contributed by atoms with Crippen molar-refractivity contribution in [2.45, 2.75) is 44.7 Å². The van der Waals surface area contributed by atoms with Crippen molar-refractivity contribution in [3.8, 4) is 0 Å². The predicted molar refractivity (Wildman–Crippen MR) is 44.0 cm³/mol. The van der Waals surface area contributed by atoms with Gasteiger partial charge in [0, 0.05) is 0 Å². The molecule has 0 aromatic carbocycles. The molecule has 4 heteroatoms. The van der Waals surface area contributed by atoms with E-state index < -0.39 is 12.2 Å². The van der Waals surface area contributed by atoms with Crippen LogP contribution in [0.15, 0.2) is 0 Å². The number of hydrogen-bond donors (Lipinski definition) is 1. The second-order valence-electron chi connectivity index (χ2n) is 4.03. The van der Waals surface area contributed by atoms with Crippen molar-refractivity contribution in [3.63, 3.8) is 0 Å². The van der Waals surface area contributed by atoms with E-state index in [1.807, 2.05) is 13.8 Å². The molecule has 4 nitrogen and oxygen atoms in total. The highest BCUT2D eigenvalue weighted by Crippen LogP contribution is 2.34. The fourth-order valence-electron chi connectivity index (χ4n) is 1.99. The third-order valence-electron chi connectivity index (χ3n) is 2.66. The van der Waals surface area contributed by atoms with Crippen LogP contribution in [0.5, 0.6) is 0 Å². The average Bonchev–Trinajstić information content (AvgIpc) is 2.51. The van der Waals surface area contributed by atoms with Crippen molar-refractivity contribution in [1.82, 2.24) is 0 Å². The molecule has 0 aromatic heterocycles. The number of esters is 1. The third kappa shape index (κ3) is 1.34. The van der Waals surface area contributed by atoms with Crippen LogP contribution in [0.1, 0.15) is 20.3 Å². The molecular weight excluding hydrogens is 172 g/mol. The van der Waals surface area contributed by atoms with E-state index in [4.69, 9.17) is 9.47 Å². The molecule has 0 saturated carbocycles. The molecule has 3 unspecified atom stereocenters. The molecule has 0 amide bonds. The van der Waals surface area contributed by atoms with Crippen molar-refractivity contribution in [3.05, 3.63) is 0 Å². The van der Waals surface area contributed by atoms with Gasteiger partial charge in [0.05, 0.1) is 12.5 Å². The summed E-state index contributed by atoms with van der Waals surface area (Å²) in [6, 6.07) is 0. The Bertz CT molecular complexity index is 226. The lowest BCUT2D eigenvalue weighted by molar-refractivity contribution is -0.146. The van der Waals surface area contributed by atoms with Gasteiger partial charge < -0.3 is 14.6 Å². The lowest BCUT2D eigenvalue weighted by atomic mass is 10.00. The Labute approximate surface area is 76.8 Å². The van der Waals surface area contributed by atoms with Crippen molar-refractivity contribution < 1.29 is 19.4 Å². The molecule has 0 bridgehead atoms. The van der Waals surface area contributed by atoms with Crippen molar-refractivity contribution in [2.24, 2.45) is 5.92 Å². The molecule has 2 fully saturated rings. The Morgan fingerprint density at radius 3 is 2.77 bits per heavy atom. The maximum absolute atomic E-state index is 10.9. The summed E-state index contributed by atoms with van der Waals surface area (Å²) in [5.41, 5.74) is 0. The van der Waals surface area contributed by atoms with Gasteiger partial charge in [-0.25, -0.2) is 0 Å². The zero-order chi connectivity index (χ0) is 9.59. The number of carbonyl (C=O) groups excluding carboxylic acids is 1. The molecule has 2 aliphatic heterocycles. The van der Waals surface area contributed by atoms with Crippen LogP contribution >= 0.6 is 0 Å². The van der Waals surface area contributed by atoms with Crippen LogP contribution < -0.4 is 0 Å². The fourth-order valence-corrected chi connectivity index (χ4v) is 1.99. The number of rotatable bonds is 1. The van der Waals surface area contributed by atoms with E-state index in [-0.39, 0.29) is 30.5 Å².